The molecule has 158 valence electrons. The van der Waals surface area contributed by atoms with Crippen LogP contribution in [0, 0.1) is 0 Å². The minimum absolute atomic E-state index is 0.208. The fourth-order valence-corrected chi connectivity index (χ4v) is 4.42. The van der Waals surface area contributed by atoms with Crippen LogP contribution >= 0.6 is 23.2 Å². The first-order valence-corrected chi connectivity index (χ1v) is 10.4. The average molecular weight is 457 g/mol. The molecule has 1 aliphatic rings. The molecule has 5 rings (SSSR count). The summed E-state index contributed by atoms with van der Waals surface area (Å²) in [5.74, 6) is 0.373. The molecule has 10 heteroatoms. The molecule has 2 N–H and O–H groups in total. The van der Waals surface area contributed by atoms with Crippen molar-refractivity contribution < 1.29 is 9.53 Å². The number of rotatable bonds is 4. The maximum Gasteiger partial charge on any atom is 0.268 e. The van der Waals surface area contributed by atoms with Crippen LogP contribution in [0.5, 0.6) is 0 Å². The quantitative estimate of drug-likeness (QED) is 0.487. The number of fused-ring (bicyclic) bond motifs is 1. The second kappa shape index (κ2) is 7.64. The van der Waals surface area contributed by atoms with Crippen molar-refractivity contribution in [2.75, 3.05) is 13.2 Å². The Kier molecular flexibility index (Phi) is 4.92. The third-order valence-corrected chi connectivity index (χ3v) is 6.60. The van der Waals surface area contributed by atoms with Gasteiger partial charge in [-0.1, -0.05) is 47.5 Å². The number of halogens is 2. The van der Waals surface area contributed by atoms with E-state index in [1.165, 1.54) is 0 Å². The highest BCUT2D eigenvalue weighted by Gasteiger charge is 2.39. The molecular weight excluding hydrogens is 439 g/mol. The molecule has 0 spiro atoms. The fraction of sp³-hybridized carbons (Fsp3) is 0.238. The number of hydrogen-bond donors (Lipinski definition) is 2. The largest absolute Gasteiger partial charge is 0.379 e. The summed E-state index contributed by atoms with van der Waals surface area (Å²) in [5, 5.41) is 18.7. The van der Waals surface area contributed by atoms with Crippen LogP contribution in [0.25, 0.3) is 22.3 Å². The number of aromatic amines is 1. The zero-order valence-corrected chi connectivity index (χ0v) is 18.0. The second-order valence-corrected chi connectivity index (χ2v) is 8.33. The number of benzene rings is 2. The number of hydrogen-bond acceptors (Lipinski definition) is 5. The van der Waals surface area contributed by atoms with Gasteiger partial charge < -0.3 is 14.6 Å². The number of ether oxygens (including phenoxy) is 1. The number of tetrazole rings is 1. The van der Waals surface area contributed by atoms with Crippen molar-refractivity contribution in [3.8, 4) is 11.4 Å². The molecule has 0 saturated carbocycles. The van der Waals surface area contributed by atoms with Crippen LogP contribution in [-0.2, 0) is 17.3 Å². The summed E-state index contributed by atoms with van der Waals surface area (Å²) >= 11 is 12.5. The van der Waals surface area contributed by atoms with E-state index in [1.807, 2.05) is 41.9 Å². The Labute approximate surface area is 187 Å². The first kappa shape index (κ1) is 20.0. The summed E-state index contributed by atoms with van der Waals surface area (Å²) in [6.07, 6.45) is 0.665. The lowest BCUT2D eigenvalue weighted by Gasteiger charge is -2.29. The monoisotopic (exact) mass is 456 g/mol. The van der Waals surface area contributed by atoms with Crippen molar-refractivity contribution in [2.45, 2.75) is 12.0 Å². The minimum Gasteiger partial charge on any atom is -0.379 e. The topological polar surface area (TPSA) is 97.7 Å². The number of nitrogens with zero attached hydrogens (tertiary/aromatic N) is 4. The number of aryl methyl sites for hydroxylation is 1. The number of aromatic nitrogens is 5. The first-order chi connectivity index (χ1) is 15.0. The third kappa shape index (κ3) is 3.37. The van der Waals surface area contributed by atoms with Gasteiger partial charge in [0.25, 0.3) is 5.91 Å². The smallest absolute Gasteiger partial charge is 0.268 e. The van der Waals surface area contributed by atoms with Crippen molar-refractivity contribution >= 4 is 40.0 Å². The van der Waals surface area contributed by atoms with E-state index in [-0.39, 0.29) is 5.91 Å². The van der Waals surface area contributed by atoms with Gasteiger partial charge in [0.1, 0.15) is 5.69 Å². The molecule has 2 aromatic carbocycles. The minimum atomic E-state index is -0.632. The lowest BCUT2D eigenvalue weighted by molar-refractivity contribution is 0.0868. The molecule has 0 radical (unpaired) electrons. The number of nitrogens with one attached hydrogen (secondary N) is 2. The van der Waals surface area contributed by atoms with E-state index in [9.17, 15) is 4.79 Å². The maximum atomic E-state index is 13.3. The van der Waals surface area contributed by atoms with E-state index >= 15 is 0 Å². The predicted molar refractivity (Wildman–Crippen MR) is 117 cm³/mol. The highest BCUT2D eigenvalue weighted by Crippen LogP contribution is 2.35. The van der Waals surface area contributed by atoms with Gasteiger partial charge in [0.15, 0.2) is 5.82 Å². The lowest BCUT2D eigenvalue weighted by atomic mass is 9.88. The van der Waals surface area contributed by atoms with Gasteiger partial charge in [-0.15, -0.1) is 5.10 Å². The standard InChI is InChI=1S/C21H18Cl2N6O2/c1-29-16-7-6-15(22)18(23)14(16)10-17(29)20(30)24-21(8-9-31-11-21)13-4-2-12(3-5-13)19-25-27-28-26-19/h2-7,10H,8-9,11H2,1H3,(H,24,30)(H,25,26,27,28). The molecule has 1 amide bonds. The van der Waals surface area contributed by atoms with Crippen molar-refractivity contribution in [1.82, 2.24) is 30.5 Å². The van der Waals surface area contributed by atoms with Crippen molar-refractivity contribution in [3.63, 3.8) is 0 Å². The molecule has 8 nitrogen and oxygen atoms in total. The van der Waals surface area contributed by atoms with Crippen molar-refractivity contribution in [2.24, 2.45) is 7.05 Å². The molecule has 1 fully saturated rings. The molecule has 1 saturated heterocycles. The summed E-state index contributed by atoms with van der Waals surface area (Å²) in [6, 6.07) is 13.1. The van der Waals surface area contributed by atoms with Crippen LogP contribution < -0.4 is 5.32 Å². The van der Waals surface area contributed by atoms with Crippen molar-refractivity contribution in [3.05, 3.63) is 63.8 Å². The highest BCUT2D eigenvalue weighted by molar-refractivity contribution is 6.45. The molecule has 0 aliphatic carbocycles. The molecule has 1 unspecified atom stereocenters. The van der Waals surface area contributed by atoms with E-state index in [2.05, 4.69) is 25.9 Å². The van der Waals surface area contributed by atoms with E-state index < -0.39 is 5.54 Å². The molecule has 0 bridgehead atoms. The highest BCUT2D eigenvalue weighted by atomic mass is 35.5. The van der Waals surface area contributed by atoms with Crippen LogP contribution in [0.3, 0.4) is 0 Å². The average Bonchev–Trinajstić information content (AvgIpc) is 3.52. The van der Waals surface area contributed by atoms with E-state index in [0.717, 1.165) is 22.0 Å². The molecule has 31 heavy (non-hydrogen) atoms. The van der Waals surface area contributed by atoms with E-state index in [0.29, 0.717) is 41.2 Å². The summed E-state index contributed by atoms with van der Waals surface area (Å²) in [7, 11) is 1.83. The second-order valence-electron chi connectivity index (χ2n) is 7.55. The number of carbonyl (C=O) groups excluding carboxylic acids is 1. The Balaban J connectivity index is 1.48. The molecule has 1 aliphatic heterocycles. The Morgan fingerprint density at radius 3 is 2.71 bits per heavy atom. The fourth-order valence-electron chi connectivity index (χ4n) is 4.04. The zero-order chi connectivity index (χ0) is 21.6. The Morgan fingerprint density at radius 2 is 2.03 bits per heavy atom. The maximum absolute atomic E-state index is 13.3. The van der Waals surface area contributed by atoms with Gasteiger partial charge in [0, 0.05) is 36.5 Å². The van der Waals surface area contributed by atoms with Gasteiger partial charge >= 0.3 is 0 Å². The van der Waals surface area contributed by atoms with Crippen LogP contribution in [0.2, 0.25) is 10.0 Å². The van der Waals surface area contributed by atoms with Gasteiger partial charge in [0.05, 0.1) is 22.2 Å². The first-order valence-electron chi connectivity index (χ1n) is 9.67. The number of amides is 1. The molecule has 4 aromatic rings. The summed E-state index contributed by atoms with van der Waals surface area (Å²) in [5.41, 5.74) is 2.51. The van der Waals surface area contributed by atoms with Crippen LogP contribution in [0.1, 0.15) is 22.5 Å². The summed E-state index contributed by atoms with van der Waals surface area (Å²) < 4.78 is 7.50. The Bertz CT molecular complexity index is 1260. The van der Waals surface area contributed by atoms with E-state index in [4.69, 9.17) is 27.9 Å². The van der Waals surface area contributed by atoms with Crippen LogP contribution in [0.15, 0.2) is 42.5 Å². The van der Waals surface area contributed by atoms with Gasteiger partial charge in [-0.2, -0.15) is 0 Å². The molecular formula is C21H18Cl2N6O2. The van der Waals surface area contributed by atoms with Crippen LogP contribution in [-0.4, -0.2) is 44.3 Å². The predicted octanol–water partition coefficient (Wildman–Crippen LogP) is 3.71. The summed E-state index contributed by atoms with van der Waals surface area (Å²) in [4.78, 5) is 13.3. The number of H-pyrrole nitrogens is 1. The lowest BCUT2D eigenvalue weighted by Crippen LogP contribution is -2.46. The zero-order valence-electron chi connectivity index (χ0n) is 16.5. The Hall–Kier alpha value is -2.94. The number of carbonyl (C=O) groups is 1. The molecule has 3 heterocycles. The van der Waals surface area contributed by atoms with Gasteiger partial charge in [-0.05, 0) is 34.2 Å². The van der Waals surface area contributed by atoms with Crippen LogP contribution in [0.4, 0.5) is 0 Å². The van der Waals surface area contributed by atoms with Gasteiger partial charge in [-0.25, -0.2) is 5.10 Å². The van der Waals surface area contributed by atoms with Gasteiger partial charge in [-0.3, -0.25) is 4.79 Å². The molecule has 2 aromatic heterocycles. The normalized spacial score (nSPS) is 18.5. The third-order valence-electron chi connectivity index (χ3n) is 5.78. The molecule has 1 atom stereocenters. The van der Waals surface area contributed by atoms with Gasteiger partial charge in [0.2, 0.25) is 0 Å². The Morgan fingerprint density at radius 1 is 1.23 bits per heavy atom. The summed E-state index contributed by atoms with van der Waals surface area (Å²) in [6.45, 7) is 0.948. The van der Waals surface area contributed by atoms with E-state index in [1.54, 1.807) is 12.1 Å². The SMILES string of the molecule is Cn1c(C(=O)NC2(c3ccc(-c4nnn[nH]4)cc3)CCOC2)cc2c(Cl)c(Cl)ccc21. The van der Waals surface area contributed by atoms with Crippen molar-refractivity contribution in [1.29, 1.82) is 0 Å².